The van der Waals surface area contributed by atoms with E-state index in [0.717, 1.165) is 11.3 Å². The molecule has 0 amide bonds. The second-order valence-corrected chi connectivity index (χ2v) is 2.69. The lowest BCUT2D eigenvalue weighted by Crippen LogP contribution is -2.13. The zero-order valence-electron chi connectivity index (χ0n) is 5.76. The summed E-state index contributed by atoms with van der Waals surface area (Å²) in [7, 11) is 0. The van der Waals surface area contributed by atoms with E-state index < -0.39 is 5.97 Å². The molecule has 0 aliphatic carbocycles. The molecule has 0 spiro atoms. The molecule has 0 radical (unpaired) electrons. The average Bonchev–Trinajstić information content (AvgIpc) is 2.51. The summed E-state index contributed by atoms with van der Waals surface area (Å²) >= 11 is 1.00. The molecule has 6 nitrogen and oxygen atoms in total. The number of aromatic nitrogens is 1. The van der Waals surface area contributed by atoms with Crippen LogP contribution in [-0.4, -0.2) is 27.1 Å². The van der Waals surface area contributed by atoms with Gasteiger partial charge in [0.05, 0.1) is 0 Å². The monoisotopic (exact) mass is 187 g/mol. The summed E-state index contributed by atoms with van der Waals surface area (Å²) < 4.78 is 0. The molecular formula is C5H5N3O3S. The van der Waals surface area contributed by atoms with Gasteiger partial charge in [0, 0.05) is 5.38 Å². The van der Waals surface area contributed by atoms with Crippen LogP contribution in [0.3, 0.4) is 0 Å². The Morgan fingerprint density at radius 1 is 1.75 bits per heavy atom. The van der Waals surface area contributed by atoms with Gasteiger partial charge in [0.1, 0.15) is 0 Å². The molecule has 1 aromatic rings. The van der Waals surface area contributed by atoms with Gasteiger partial charge in [-0.05, 0) is 0 Å². The lowest BCUT2D eigenvalue weighted by atomic mass is 10.5. The molecular weight excluding hydrogens is 182 g/mol. The van der Waals surface area contributed by atoms with Crippen LogP contribution in [0.4, 0.5) is 0 Å². The number of carboxylic acids is 1. The fraction of sp³-hybridized carbons (Fsp3) is 0. The third-order valence-electron chi connectivity index (χ3n) is 1.05. The second kappa shape index (κ2) is 3.18. The first-order chi connectivity index (χ1) is 5.65. The van der Waals surface area contributed by atoms with Gasteiger partial charge in [-0.2, -0.15) is 0 Å². The van der Waals surface area contributed by atoms with Crippen molar-refractivity contribution in [3.05, 3.63) is 16.1 Å². The van der Waals surface area contributed by atoms with Crippen molar-refractivity contribution in [3.8, 4) is 0 Å². The summed E-state index contributed by atoms with van der Waals surface area (Å²) in [5, 5.41) is 20.9. The van der Waals surface area contributed by atoms with E-state index in [0.29, 0.717) is 0 Å². The lowest BCUT2D eigenvalue weighted by molar-refractivity contribution is 0.0691. The molecule has 1 rings (SSSR count). The van der Waals surface area contributed by atoms with Gasteiger partial charge in [0.15, 0.2) is 16.5 Å². The van der Waals surface area contributed by atoms with E-state index in [1.165, 1.54) is 5.38 Å². The van der Waals surface area contributed by atoms with Crippen molar-refractivity contribution in [2.75, 3.05) is 0 Å². The summed E-state index contributed by atoms with van der Waals surface area (Å²) in [5.74, 6) is -1.32. The highest BCUT2D eigenvalue weighted by Crippen LogP contribution is 2.08. The third-order valence-corrected chi connectivity index (χ3v) is 1.91. The quantitative estimate of drug-likeness (QED) is 0.260. The van der Waals surface area contributed by atoms with Crippen LogP contribution in [0.5, 0.6) is 0 Å². The molecule has 1 aromatic heterocycles. The Labute approximate surface area is 71.0 Å². The largest absolute Gasteiger partial charge is 0.476 e. The van der Waals surface area contributed by atoms with E-state index in [1.807, 2.05) is 0 Å². The number of amidine groups is 1. The molecule has 7 heteroatoms. The number of nitrogens with two attached hydrogens (primary N) is 1. The van der Waals surface area contributed by atoms with Gasteiger partial charge in [-0.3, -0.25) is 0 Å². The number of hydrogen-bond donors (Lipinski definition) is 3. The van der Waals surface area contributed by atoms with E-state index in [2.05, 4.69) is 10.1 Å². The molecule has 0 aromatic carbocycles. The van der Waals surface area contributed by atoms with Gasteiger partial charge in [-0.25, -0.2) is 9.78 Å². The number of carboxylic acid groups (broad SMARTS) is 1. The zero-order valence-corrected chi connectivity index (χ0v) is 6.58. The summed E-state index contributed by atoms with van der Waals surface area (Å²) in [4.78, 5) is 13.9. The van der Waals surface area contributed by atoms with Gasteiger partial charge in [-0.15, -0.1) is 11.3 Å². The molecule has 0 aliphatic rings. The topological polar surface area (TPSA) is 109 Å². The fourth-order valence-corrected chi connectivity index (χ4v) is 1.22. The van der Waals surface area contributed by atoms with Crippen molar-refractivity contribution in [2.45, 2.75) is 0 Å². The maximum absolute atomic E-state index is 10.3. The number of oxime groups is 1. The predicted octanol–water partition coefficient (Wildman–Crippen LogP) is -0.0642. The second-order valence-electron chi connectivity index (χ2n) is 1.83. The molecule has 64 valence electrons. The van der Waals surface area contributed by atoms with Crippen molar-refractivity contribution < 1.29 is 15.1 Å². The Morgan fingerprint density at radius 3 is 2.83 bits per heavy atom. The van der Waals surface area contributed by atoms with Crippen molar-refractivity contribution in [1.29, 1.82) is 0 Å². The van der Waals surface area contributed by atoms with E-state index in [-0.39, 0.29) is 16.5 Å². The Kier molecular flexibility index (Phi) is 2.24. The third kappa shape index (κ3) is 1.51. The summed E-state index contributed by atoms with van der Waals surface area (Å²) in [6.45, 7) is 0. The zero-order chi connectivity index (χ0) is 9.14. The lowest BCUT2D eigenvalue weighted by Gasteiger charge is -1.87. The van der Waals surface area contributed by atoms with Gasteiger partial charge < -0.3 is 16.0 Å². The molecule has 0 saturated heterocycles. The number of aromatic carboxylic acids is 1. The van der Waals surface area contributed by atoms with Crippen molar-refractivity contribution in [1.82, 2.24) is 4.98 Å². The number of carbonyl (C=O) groups is 1. The number of hydrogen-bond acceptors (Lipinski definition) is 5. The van der Waals surface area contributed by atoms with Crippen LogP contribution in [0.25, 0.3) is 0 Å². The van der Waals surface area contributed by atoms with E-state index >= 15 is 0 Å². The first kappa shape index (κ1) is 8.47. The summed E-state index contributed by atoms with van der Waals surface area (Å²) in [6, 6.07) is 0. The molecule has 0 atom stereocenters. The van der Waals surface area contributed by atoms with Gasteiger partial charge in [0.2, 0.25) is 0 Å². The molecule has 0 bridgehead atoms. The average molecular weight is 187 g/mol. The Balaban J connectivity index is 2.99. The van der Waals surface area contributed by atoms with Gasteiger partial charge >= 0.3 is 5.97 Å². The first-order valence-corrected chi connectivity index (χ1v) is 3.70. The Hall–Kier alpha value is -1.63. The van der Waals surface area contributed by atoms with Gasteiger partial charge in [-0.1, -0.05) is 5.16 Å². The summed E-state index contributed by atoms with van der Waals surface area (Å²) in [5.41, 5.74) is 5.05. The van der Waals surface area contributed by atoms with Crippen molar-refractivity contribution in [2.24, 2.45) is 10.9 Å². The fourth-order valence-electron chi connectivity index (χ4n) is 0.532. The number of rotatable bonds is 2. The smallest absolute Gasteiger partial charge is 0.355 e. The van der Waals surface area contributed by atoms with Crippen LogP contribution in [-0.2, 0) is 0 Å². The minimum Gasteiger partial charge on any atom is -0.476 e. The number of nitrogens with zero attached hydrogens (tertiary/aromatic N) is 2. The minimum atomic E-state index is -1.14. The van der Waals surface area contributed by atoms with Crippen molar-refractivity contribution >= 4 is 23.1 Å². The highest BCUT2D eigenvalue weighted by Gasteiger charge is 2.10. The molecule has 4 N–H and O–H groups in total. The maximum Gasteiger partial charge on any atom is 0.355 e. The molecule has 0 saturated carbocycles. The van der Waals surface area contributed by atoms with E-state index in [1.54, 1.807) is 0 Å². The van der Waals surface area contributed by atoms with E-state index in [4.69, 9.17) is 16.0 Å². The summed E-state index contributed by atoms with van der Waals surface area (Å²) in [6.07, 6.45) is 0. The van der Waals surface area contributed by atoms with Crippen LogP contribution in [0, 0.1) is 0 Å². The molecule has 1 heterocycles. The Bertz CT molecular complexity index is 332. The minimum absolute atomic E-state index is 0.110. The SMILES string of the molecule is N/C(=N/O)c1nc(C(=O)O)cs1. The standard InChI is InChI=1S/C5H5N3O3S/c6-3(8-11)4-7-2(1-12-4)5(9)10/h1,11H,(H2,6,8)(H,9,10). The molecule has 12 heavy (non-hydrogen) atoms. The predicted molar refractivity (Wildman–Crippen MR) is 41.6 cm³/mol. The molecule has 0 fully saturated rings. The normalized spacial score (nSPS) is 11.5. The number of thiazole rings is 1. The molecule has 0 aliphatic heterocycles. The van der Waals surface area contributed by atoms with Crippen LogP contribution in [0.2, 0.25) is 0 Å². The Morgan fingerprint density at radius 2 is 2.42 bits per heavy atom. The highest BCUT2D eigenvalue weighted by molar-refractivity contribution is 7.12. The van der Waals surface area contributed by atoms with Crippen LogP contribution >= 0.6 is 11.3 Å². The van der Waals surface area contributed by atoms with Gasteiger partial charge in [0.25, 0.3) is 0 Å². The highest BCUT2D eigenvalue weighted by atomic mass is 32.1. The first-order valence-electron chi connectivity index (χ1n) is 2.82. The molecule has 0 unspecified atom stereocenters. The van der Waals surface area contributed by atoms with Crippen molar-refractivity contribution in [3.63, 3.8) is 0 Å². The van der Waals surface area contributed by atoms with Crippen LogP contribution in [0.15, 0.2) is 10.5 Å². The van der Waals surface area contributed by atoms with Crippen LogP contribution in [0.1, 0.15) is 15.5 Å². The van der Waals surface area contributed by atoms with E-state index in [9.17, 15) is 4.79 Å². The maximum atomic E-state index is 10.3. The van der Waals surface area contributed by atoms with Crippen LogP contribution < -0.4 is 5.73 Å².